The fourth-order valence-electron chi connectivity index (χ4n) is 1.47. The van der Waals surface area contributed by atoms with Crippen molar-refractivity contribution >= 4 is 17.4 Å². The number of anilines is 2. The third-order valence-corrected chi connectivity index (χ3v) is 2.44. The summed E-state index contributed by atoms with van der Waals surface area (Å²) in [5, 5.41) is 27.5. The van der Waals surface area contributed by atoms with Crippen molar-refractivity contribution in [3.05, 3.63) is 47.2 Å². The summed E-state index contributed by atoms with van der Waals surface area (Å²) in [4.78, 5) is 11.9. The zero-order valence-electron chi connectivity index (χ0n) is 10.2. The lowest BCUT2D eigenvalue weighted by Gasteiger charge is -2.05. The topological polar surface area (TPSA) is 128 Å². The number of carbonyl (C=O) groups is 1. The van der Waals surface area contributed by atoms with Crippen molar-refractivity contribution in [2.24, 2.45) is 0 Å². The number of carbonyl (C=O) groups excluding carboxylic acids is 1. The number of aromatic nitrogens is 2. The van der Waals surface area contributed by atoms with E-state index in [1.165, 1.54) is 30.3 Å². The number of amides is 1. The molecule has 0 bridgehead atoms. The molecule has 1 aromatic heterocycles. The van der Waals surface area contributed by atoms with E-state index in [0.717, 1.165) is 0 Å². The molecule has 2 aromatic rings. The van der Waals surface area contributed by atoms with Crippen LogP contribution >= 0.6 is 0 Å². The van der Waals surface area contributed by atoms with Crippen molar-refractivity contribution in [1.82, 2.24) is 10.2 Å². The molecular weight excluding hydrogens is 256 g/mol. The molecule has 0 aliphatic heterocycles. The Morgan fingerprint density at radius 3 is 2.45 bits per heavy atom. The molecule has 0 saturated carbocycles. The normalized spacial score (nSPS) is 9.30. The molecular formula is C13H8N6O. The van der Waals surface area contributed by atoms with Crippen molar-refractivity contribution in [2.75, 3.05) is 11.1 Å². The summed E-state index contributed by atoms with van der Waals surface area (Å²) in [6, 6.07) is 11.1. The van der Waals surface area contributed by atoms with E-state index in [2.05, 4.69) is 15.5 Å². The van der Waals surface area contributed by atoms with Crippen LogP contribution in [-0.2, 0) is 0 Å². The van der Waals surface area contributed by atoms with E-state index in [1.54, 1.807) is 0 Å². The number of nitrogens with two attached hydrogens (primary N) is 1. The molecule has 7 heteroatoms. The molecule has 20 heavy (non-hydrogen) atoms. The molecule has 0 aliphatic carbocycles. The van der Waals surface area contributed by atoms with E-state index in [0.29, 0.717) is 5.69 Å². The Morgan fingerprint density at radius 2 is 1.85 bits per heavy atom. The molecule has 0 radical (unpaired) electrons. The van der Waals surface area contributed by atoms with Gasteiger partial charge in [-0.1, -0.05) is 0 Å². The fourth-order valence-corrected chi connectivity index (χ4v) is 1.47. The van der Waals surface area contributed by atoms with Gasteiger partial charge in [-0.3, -0.25) is 4.79 Å². The minimum absolute atomic E-state index is 0.0991. The van der Waals surface area contributed by atoms with E-state index in [-0.39, 0.29) is 22.6 Å². The lowest BCUT2D eigenvalue weighted by molar-refractivity contribution is 0.102. The van der Waals surface area contributed by atoms with Crippen LogP contribution in [0.25, 0.3) is 0 Å². The van der Waals surface area contributed by atoms with Gasteiger partial charge in [0.1, 0.15) is 18.0 Å². The molecule has 0 atom stereocenters. The number of hydrogen-bond donors (Lipinski definition) is 2. The average Bonchev–Trinajstić information content (AvgIpc) is 2.47. The number of hydrogen-bond acceptors (Lipinski definition) is 6. The molecule has 0 spiro atoms. The molecule has 7 nitrogen and oxygen atoms in total. The van der Waals surface area contributed by atoms with Crippen molar-refractivity contribution in [3.63, 3.8) is 0 Å². The third kappa shape index (κ3) is 2.68. The summed E-state index contributed by atoms with van der Waals surface area (Å²) in [5.74, 6) is -0.266. The first kappa shape index (κ1) is 13.0. The standard InChI is InChI=1S/C13H8N6O/c14-6-8-1-2-10(5-9(8)7-15)17-13(20)11-3-4-12(16)19-18-11/h1-5H,(H2,16,19)(H,17,20). The lowest BCUT2D eigenvalue weighted by atomic mass is 10.1. The van der Waals surface area contributed by atoms with Crippen molar-refractivity contribution in [1.29, 1.82) is 10.5 Å². The zero-order valence-corrected chi connectivity index (χ0v) is 10.2. The van der Waals surface area contributed by atoms with Gasteiger partial charge in [0, 0.05) is 5.69 Å². The number of nitrogens with one attached hydrogen (secondary N) is 1. The number of rotatable bonds is 2. The van der Waals surface area contributed by atoms with Crippen LogP contribution < -0.4 is 11.1 Å². The summed E-state index contributed by atoms with van der Waals surface area (Å²) < 4.78 is 0. The molecule has 96 valence electrons. The molecule has 1 amide bonds. The molecule has 3 N–H and O–H groups in total. The largest absolute Gasteiger partial charge is 0.382 e. The summed E-state index contributed by atoms with van der Waals surface area (Å²) in [7, 11) is 0. The highest BCUT2D eigenvalue weighted by molar-refractivity contribution is 6.02. The van der Waals surface area contributed by atoms with Crippen LogP contribution in [0.15, 0.2) is 30.3 Å². The molecule has 0 fully saturated rings. The van der Waals surface area contributed by atoms with Crippen LogP contribution in [0.5, 0.6) is 0 Å². The van der Waals surface area contributed by atoms with Gasteiger partial charge in [-0.05, 0) is 30.3 Å². The minimum atomic E-state index is -0.480. The highest BCUT2D eigenvalue weighted by Crippen LogP contribution is 2.15. The van der Waals surface area contributed by atoms with Gasteiger partial charge in [0.15, 0.2) is 5.69 Å². The molecule has 1 aromatic carbocycles. The summed E-state index contributed by atoms with van der Waals surface area (Å²) in [6.45, 7) is 0. The monoisotopic (exact) mass is 264 g/mol. The molecule has 1 heterocycles. The highest BCUT2D eigenvalue weighted by Gasteiger charge is 2.10. The second kappa shape index (κ2) is 5.46. The van der Waals surface area contributed by atoms with Crippen LogP contribution in [0.2, 0.25) is 0 Å². The fraction of sp³-hybridized carbons (Fsp3) is 0. The van der Waals surface area contributed by atoms with Crippen LogP contribution in [0, 0.1) is 22.7 Å². The van der Waals surface area contributed by atoms with Gasteiger partial charge in [0.05, 0.1) is 11.1 Å². The first-order chi connectivity index (χ1) is 9.63. The van der Waals surface area contributed by atoms with Crippen molar-refractivity contribution in [3.8, 4) is 12.1 Å². The molecule has 2 rings (SSSR count). The summed E-state index contributed by atoms with van der Waals surface area (Å²) in [6.07, 6.45) is 0. The second-order valence-electron chi connectivity index (χ2n) is 3.78. The Labute approximate surface area is 114 Å². The van der Waals surface area contributed by atoms with Gasteiger partial charge >= 0.3 is 0 Å². The van der Waals surface area contributed by atoms with Crippen LogP contribution in [0.3, 0.4) is 0 Å². The highest BCUT2D eigenvalue weighted by atomic mass is 16.1. The maximum absolute atomic E-state index is 11.9. The Morgan fingerprint density at radius 1 is 1.10 bits per heavy atom. The van der Waals surface area contributed by atoms with E-state index in [9.17, 15) is 4.79 Å². The molecule has 0 saturated heterocycles. The minimum Gasteiger partial charge on any atom is -0.382 e. The number of nitrogens with zero attached hydrogens (tertiary/aromatic N) is 4. The quantitative estimate of drug-likeness (QED) is 0.834. The van der Waals surface area contributed by atoms with Gasteiger partial charge in [-0.15, -0.1) is 10.2 Å². The van der Waals surface area contributed by atoms with Gasteiger partial charge < -0.3 is 11.1 Å². The Hall–Kier alpha value is -3.45. The first-order valence-electron chi connectivity index (χ1n) is 5.49. The van der Waals surface area contributed by atoms with Crippen LogP contribution in [0.4, 0.5) is 11.5 Å². The van der Waals surface area contributed by atoms with Crippen LogP contribution in [-0.4, -0.2) is 16.1 Å². The third-order valence-electron chi connectivity index (χ3n) is 2.44. The Balaban J connectivity index is 2.23. The van der Waals surface area contributed by atoms with Gasteiger partial charge in [-0.2, -0.15) is 10.5 Å². The number of nitrogen functional groups attached to an aromatic ring is 1. The van der Waals surface area contributed by atoms with Gasteiger partial charge in [0.2, 0.25) is 0 Å². The van der Waals surface area contributed by atoms with Crippen molar-refractivity contribution < 1.29 is 4.79 Å². The van der Waals surface area contributed by atoms with E-state index in [1.807, 2.05) is 12.1 Å². The van der Waals surface area contributed by atoms with Gasteiger partial charge in [-0.25, -0.2) is 0 Å². The zero-order chi connectivity index (χ0) is 14.5. The Kier molecular flexibility index (Phi) is 3.55. The van der Waals surface area contributed by atoms with E-state index < -0.39 is 5.91 Å². The molecule has 0 aliphatic rings. The molecule has 0 unspecified atom stereocenters. The maximum atomic E-state index is 11.9. The predicted molar refractivity (Wildman–Crippen MR) is 70.3 cm³/mol. The summed E-state index contributed by atoms with van der Waals surface area (Å²) in [5.41, 5.74) is 6.31. The van der Waals surface area contributed by atoms with E-state index >= 15 is 0 Å². The predicted octanol–water partition coefficient (Wildman–Crippen LogP) is 1.05. The lowest BCUT2D eigenvalue weighted by Crippen LogP contribution is -2.14. The van der Waals surface area contributed by atoms with Crippen LogP contribution in [0.1, 0.15) is 21.6 Å². The SMILES string of the molecule is N#Cc1ccc(NC(=O)c2ccc(N)nn2)cc1C#N. The smallest absolute Gasteiger partial charge is 0.276 e. The summed E-state index contributed by atoms with van der Waals surface area (Å²) >= 11 is 0. The van der Waals surface area contributed by atoms with E-state index in [4.69, 9.17) is 16.3 Å². The van der Waals surface area contributed by atoms with Crippen molar-refractivity contribution in [2.45, 2.75) is 0 Å². The average molecular weight is 264 g/mol. The number of nitriles is 2. The first-order valence-corrected chi connectivity index (χ1v) is 5.49. The Bertz CT molecular complexity index is 739. The maximum Gasteiger partial charge on any atom is 0.276 e. The van der Waals surface area contributed by atoms with Gasteiger partial charge in [0.25, 0.3) is 5.91 Å². The number of benzene rings is 1. The second-order valence-corrected chi connectivity index (χ2v) is 3.78.